The molecule has 0 aliphatic heterocycles. The Balaban J connectivity index is 1.97. The zero-order valence-corrected chi connectivity index (χ0v) is 10.5. The van der Waals surface area contributed by atoms with Crippen molar-refractivity contribution in [2.45, 2.75) is 13.3 Å². The van der Waals surface area contributed by atoms with Crippen molar-refractivity contribution in [1.29, 1.82) is 0 Å². The lowest BCUT2D eigenvalue weighted by molar-refractivity contribution is 0.544. The van der Waals surface area contributed by atoms with Gasteiger partial charge in [0, 0.05) is 6.42 Å². The summed E-state index contributed by atoms with van der Waals surface area (Å²) < 4.78 is 18.5. The highest BCUT2D eigenvalue weighted by molar-refractivity contribution is 5.85. The van der Waals surface area contributed by atoms with Crippen LogP contribution in [0.2, 0.25) is 0 Å². The Morgan fingerprint density at radius 2 is 1.95 bits per heavy atom. The predicted octanol–water partition coefficient (Wildman–Crippen LogP) is 3.45. The number of nitrogens with zero attached hydrogens (tertiary/aromatic N) is 1. The molecule has 1 aromatic heterocycles. The third-order valence-corrected chi connectivity index (χ3v) is 2.98. The number of nitrogens with two attached hydrogens (primary N) is 1. The SMILES string of the molecule is Cc1cc(N)c2oc(Cc3ccc(F)cc3)nc2c1. The van der Waals surface area contributed by atoms with Gasteiger partial charge in [0.1, 0.15) is 11.3 Å². The topological polar surface area (TPSA) is 52.0 Å². The number of hydrogen-bond acceptors (Lipinski definition) is 3. The number of benzene rings is 2. The van der Waals surface area contributed by atoms with Gasteiger partial charge < -0.3 is 10.2 Å². The van der Waals surface area contributed by atoms with E-state index in [0.29, 0.717) is 23.6 Å². The lowest BCUT2D eigenvalue weighted by Gasteiger charge is -1.96. The molecule has 0 aliphatic carbocycles. The normalized spacial score (nSPS) is 11.1. The second kappa shape index (κ2) is 4.39. The maximum Gasteiger partial charge on any atom is 0.200 e. The number of nitrogen functional groups attached to an aromatic ring is 1. The van der Waals surface area contributed by atoms with E-state index in [-0.39, 0.29) is 5.82 Å². The Kier molecular flexibility index (Phi) is 2.71. The number of fused-ring (bicyclic) bond motifs is 1. The van der Waals surface area contributed by atoms with Crippen LogP contribution in [-0.4, -0.2) is 4.98 Å². The van der Waals surface area contributed by atoms with E-state index in [0.717, 1.165) is 16.6 Å². The second-order valence-electron chi connectivity index (χ2n) is 4.61. The third-order valence-electron chi connectivity index (χ3n) is 2.98. The van der Waals surface area contributed by atoms with E-state index in [2.05, 4.69) is 4.98 Å². The van der Waals surface area contributed by atoms with Gasteiger partial charge in [-0.25, -0.2) is 9.37 Å². The van der Waals surface area contributed by atoms with Gasteiger partial charge in [0.15, 0.2) is 11.5 Å². The van der Waals surface area contributed by atoms with Crippen molar-refractivity contribution >= 4 is 16.8 Å². The van der Waals surface area contributed by atoms with E-state index in [4.69, 9.17) is 10.2 Å². The number of aryl methyl sites for hydroxylation is 1. The van der Waals surface area contributed by atoms with Gasteiger partial charge in [0.25, 0.3) is 0 Å². The summed E-state index contributed by atoms with van der Waals surface area (Å²) in [6.07, 6.45) is 0.521. The van der Waals surface area contributed by atoms with Crippen LogP contribution in [-0.2, 0) is 6.42 Å². The van der Waals surface area contributed by atoms with E-state index in [1.54, 1.807) is 12.1 Å². The molecule has 0 aliphatic rings. The molecule has 3 nitrogen and oxygen atoms in total. The molecule has 0 atom stereocenters. The summed E-state index contributed by atoms with van der Waals surface area (Å²) in [5.74, 6) is 0.333. The van der Waals surface area contributed by atoms with Crippen molar-refractivity contribution in [3.8, 4) is 0 Å². The summed E-state index contributed by atoms with van der Waals surface area (Å²) in [7, 11) is 0. The highest BCUT2D eigenvalue weighted by atomic mass is 19.1. The van der Waals surface area contributed by atoms with E-state index in [1.165, 1.54) is 12.1 Å². The van der Waals surface area contributed by atoms with E-state index in [1.807, 2.05) is 19.1 Å². The van der Waals surface area contributed by atoms with Gasteiger partial charge in [-0.1, -0.05) is 12.1 Å². The van der Waals surface area contributed by atoms with Crippen molar-refractivity contribution in [1.82, 2.24) is 4.98 Å². The first kappa shape index (κ1) is 11.7. The summed E-state index contributed by atoms with van der Waals surface area (Å²) in [5, 5.41) is 0. The van der Waals surface area contributed by atoms with E-state index < -0.39 is 0 Å². The monoisotopic (exact) mass is 256 g/mol. The zero-order chi connectivity index (χ0) is 13.4. The van der Waals surface area contributed by atoms with Gasteiger partial charge >= 0.3 is 0 Å². The van der Waals surface area contributed by atoms with Crippen LogP contribution >= 0.6 is 0 Å². The van der Waals surface area contributed by atoms with Gasteiger partial charge in [-0.2, -0.15) is 0 Å². The molecule has 2 aromatic carbocycles. The van der Waals surface area contributed by atoms with Crippen molar-refractivity contribution in [2.24, 2.45) is 0 Å². The number of anilines is 1. The molecule has 1 heterocycles. The number of rotatable bonds is 2. The predicted molar refractivity (Wildman–Crippen MR) is 72.4 cm³/mol. The highest BCUT2D eigenvalue weighted by Gasteiger charge is 2.10. The van der Waals surface area contributed by atoms with Crippen LogP contribution in [0.15, 0.2) is 40.8 Å². The van der Waals surface area contributed by atoms with Gasteiger partial charge in [0.2, 0.25) is 0 Å². The molecule has 0 spiro atoms. The van der Waals surface area contributed by atoms with Crippen LogP contribution in [0, 0.1) is 12.7 Å². The molecular formula is C15H13FN2O. The van der Waals surface area contributed by atoms with Crippen LogP contribution in [0.4, 0.5) is 10.1 Å². The Bertz CT molecular complexity index is 732. The first-order chi connectivity index (χ1) is 9.11. The summed E-state index contributed by atoms with van der Waals surface area (Å²) >= 11 is 0. The number of hydrogen-bond donors (Lipinski definition) is 1. The van der Waals surface area contributed by atoms with Gasteiger partial charge in [0.05, 0.1) is 5.69 Å². The van der Waals surface area contributed by atoms with Gasteiger partial charge in [-0.15, -0.1) is 0 Å². The molecule has 19 heavy (non-hydrogen) atoms. The Hall–Kier alpha value is -2.36. The average Bonchev–Trinajstić information content (AvgIpc) is 2.75. The molecule has 0 saturated heterocycles. The molecule has 0 bridgehead atoms. The molecular weight excluding hydrogens is 243 g/mol. The lowest BCUT2D eigenvalue weighted by Crippen LogP contribution is -1.88. The second-order valence-corrected chi connectivity index (χ2v) is 4.61. The number of aromatic nitrogens is 1. The lowest BCUT2D eigenvalue weighted by atomic mass is 10.1. The smallest absolute Gasteiger partial charge is 0.200 e. The standard InChI is InChI=1S/C15H13FN2O/c1-9-6-12(17)15-13(7-9)18-14(19-15)8-10-2-4-11(16)5-3-10/h2-7H,8,17H2,1H3. The Morgan fingerprint density at radius 1 is 1.21 bits per heavy atom. The molecule has 0 amide bonds. The summed E-state index contributed by atoms with van der Waals surface area (Å²) in [6.45, 7) is 1.96. The Labute approximate surface area is 109 Å². The van der Waals surface area contributed by atoms with Crippen LogP contribution < -0.4 is 5.73 Å². The van der Waals surface area contributed by atoms with E-state index >= 15 is 0 Å². The minimum Gasteiger partial charge on any atom is -0.438 e. The van der Waals surface area contributed by atoms with Crippen LogP contribution in [0.25, 0.3) is 11.1 Å². The average molecular weight is 256 g/mol. The molecule has 2 N–H and O–H groups in total. The van der Waals surface area contributed by atoms with Crippen LogP contribution in [0.1, 0.15) is 17.0 Å². The fourth-order valence-corrected chi connectivity index (χ4v) is 2.10. The van der Waals surface area contributed by atoms with Crippen molar-refractivity contribution < 1.29 is 8.81 Å². The summed E-state index contributed by atoms with van der Waals surface area (Å²) in [5.41, 5.74) is 9.86. The molecule has 0 unspecified atom stereocenters. The number of halogens is 1. The maximum atomic E-state index is 12.8. The van der Waals surface area contributed by atoms with Crippen molar-refractivity contribution in [2.75, 3.05) is 5.73 Å². The fraction of sp³-hybridized carbons (Fsp3) is 0.133. The summed E-state index contributed by atoms with van der Waals surface area (Å²) in [4.78, 5) is 4.41. The van der Waals surface area contributed by atoms with Crippen LogP contribution in [0.3, 0.4) is 0 Å². The highest BCUT2D eigenvalue weighted by Crippen LogP contribution is 2.24. The molecule has 3 rings (SSSR count). The molecule has 0 radical (unpaired) electrons. The molecule has 96 valence electrons. The zero-order valence-electron chi connectivity index (χ0n) is 10.5. The van der Waals surface area contributed by atoms with Gasteiger partial charge in [-0.05, 0) is 42.3 Å². The number of oxazole rings is 1. The first-order valence-corrected chi connectivity index (χ1v) is 6.02. The maximum absolute atomic E-state index is 12.8. The molecule has 3 aromatic rings. The van der Waals surface area contributed by atoms with Crippen molar-refractivity contribution in [3.05, 3.63) is 59.2 Å². The van der Waals surface area contributed by atoms with Crippen LogP contribution in [0.5, 0.6) is 0 Å². The third kappa shape index (κ3) is 2.29. The van der Waals surface area contributed by atoms with Crippen molar-refractivity contribution in [3.63, 3.8) is 0 Å². The molecule has 4 heteroatoms. The molecule has 0 fully saturated rings. The van der Waals surface area contributed by atoms with Gasteiger partial charge in [-0.3, -0.25) is 0 Å². The fourth-order valence-electron chi connectivity index (χ4n) is 2.10. The van der Waals surface area contributed by atoms with E-state index in [9.17, 15) is 4.39 Å². The quantitative estimate of drug-likeness (QED) is 0.714. The minimum absolute atomic E-state index is 0.249. The largest absolute Gasteiger partial charge is 0.438 e. The molecule has 0 saturated carbocycles. The minimum atomic E-state index is -0.249. The Morgan fingerprint density at radius 3 is 2.68 bits per heavy atom. The summed E-state index contributed by atoms with van der Waals surface area (Å²) in [6, 6.07) is 10.1. The first-order valence-electron chi connectivity index (χ1n) is 6.02.